The first-order valence-electron chi connectivity index (χ1n) is 8.47. The second kappa shape index (κ2) is 8.71. The van der Waals surface area contributed by atoms with Crippen molar-refractivity contribution < 1.29 is 4.79 Å². The van der Waals surface area contributed by atoms with Gasteiger partial charge in [0, 0.05) is 62.6 Å². The molecule has 3 rings (SSSR count). The third kappa shape index (κ3) is 4.63. The normalized spacial score (nSPS) is 10.3. The van der Waals surface area contributed by atoms with E-state index in [4.69, 9.17) is 0 Å². The molecular formula is C20H21N5O. The summed E-state index contributed by atoms with van der Waals surface area (Å²) in [5, 5.41) is 2.93. The Morgan fingerprint density at radius 2 is 1.88 bits per heavy atom. The lowest BCUT2D eigenvalue weighted by atomic mass is 10.2. The molecule has 3 aromatic rings. The van der Waals surface area contributed by atoms with Crippen LogP contribution in [-0.2, 0) is 13.0 Å². The average molecular weight is 347 g/mol. The first kappa shape index (κ1) is 17.5. The Morgan fingerprint density at radius 1 is 1.04 bits per heavy atom. The maximum atomic E-state index is 12.2. The van der Waals surface area contributed by atoms with Gasteiger partial charge in [-0.05, 0) is 30.3 Å². The van der Waals surface area contributed by atoms with Crippen molar-refractivity contribution in [1.29, 1.82) is 0 Å². The molecule has 0 unspecified atom stereocenters. The molecule has 26 heavy (non-hydrogen) atoms. The molecule has 0 aliphatic rings. The lowest BCUT2D eigenvalue weighted by Crippen LogP contribution is -2.27. The summed E-state index contributed by atoms with van der Waals surface area (Å²) < 4.78 is 0. The van der Waals surface area contributed by atoms with Gasteiger partial charge in [-0.1, -0.05) is 12.1 Å². The summed E-state index contributed by atoms with van der Waals surface area (Å²) in [7, 11) is 2.00. The molecule has 0 bridgehead atoms. The Bertz CT molecular complexity index is 839. The Hall–Kier alpha value is -3.28. The van der Waals surface area contributed by atoms with Crippen molar-refractivity contribution in [3.05, 3.63) is 84.1 Å². The van der Waals surface area contributed by atoms with Gasteiger partial charge >= 0.3 is 0 Å². The number of hydrogen-bond acceptors (Lipinski definition) is 5. The van der Waals surface area contributed by atoms with Gasteiger partial charge in [0.1, 0.15) is 5.82 Å². The van der Waals surface area contributed by atoms with Crippen molar-refractivity contribution in [3.8, 4) is 0 Å². The third-order valence-corrected chi connectivity index (χ3v) is 4.02. The summed E-state index contributed by atoms with van der Waals surface area (Å²) in [5.41, 5.74) is 2.55. The molecule has 0 radical (unpaired) electrons. The van der Waals surface area contributed by atoms with E-state index in [9.17, 15) is 4.79 Å². The van der Waals surface area contributed by atoms with Crippen LogP contribution in [0.4, 0.5) is 5.82 Å². The Balaban J connectivity index is 1.63. The van der Waals surface area contributed by atoms with Crippen LogP contribution in [0.5, 0.6) is 0 Å². The smallest absolute Gasteiger partial charge is 0.253 e. The maximum absolute atomic E-state index is 12.2. The highest BCUT2D eigenvalue weighted by Gasteiger charge is 2.11. The number of anilines is 1. The molecule has 0 aliphatic heterocycles. The zero-order valence-electron chi connectivity index (χ0n) is 14.7. The number of amides is 1. The van der Waals surface area contributed by atoms with Crippen molar-refractivity contribution >= 4 is 11.7 Å². The van der Waals surface area contributed by atoms with E-state index in [0.29, 0.717) is 12.1 Å². The standard InChI is InChI=1S/C20H21N5O/c1-25(13-9-18-8-2-3-11-22-18)19-16(6-5-12-23-19)15-24-20(26)17-7-4-10-21-14-17/h2-8,10-12,14H,9,13,15H2,1H3,(H,24,26). The molecule has 3 heterocycles. The maximum Gasteiger partial charge on any atom is 0.253 e. The minimum absolute atomic E-state index is 0.149. The van der Waals surface area contributed by atoms with E-state index in [2.05, 4.69) is 25.2 Å². The summed E-state index contributed by atoms with van der Waals surface area (Å²) in [5.74, 6) is 0.707. The number of carbonyl (C=O) groups excluding carboxylic acids is 1. The molecular weight excluding hydrogens is 326 g/mol. The molecule has 1 amide bonds. The number of likely N-dealkylation sites (N-methyl/N-ethyl adjacent to an activating group) is 1. The van der Waals surface area contributed by atoms with Gasteiger partial charge in [0.25, 0.3) is 5.91 Å². The summed E-state index contributed by atoms with van der Waals surface area (Å²) in [6.07, 6.45) is 7.59. The highest BCUT2D eigenvalue weighted by atomic mass is 16.1. The fourth-order valence-corrected chi connectivity index (χ4v) is 2.62. The quantitative estimate of drug-likeness (QED) is 0.711. The second-order valence-corrected chi connectivity index (χ2v) is 5.90. The van der Waals surface area contributed by atoms with Gasteiger partial charge in [0.2, 0.25) is 0 Å². The highest BCUT2D eigenvalue weighted by Crippen LogP contribution is 2.16. The van der Waals surface area contributed by atoms with Crippen LogP contribution in [0.25, 0.3) is 0 Å². The van der Waals surface area contributed by atoms with Crippen LogP contribution in [0.1, 0.15) is 21.6 Å². The number of nitrogens with one attached hydrogen (secondary N) is 1. The molecule has 132 valence electrons. The lowest BCUT2D eigenvalue weighted by molar-refractivity contribution is 0.0950. The summed E-state index contributed by atoms with van der Waals surface area (Å²) in [6.45, 7) is 1.20. The minimum Gasteiger partial charge on any atom is -0.359 e. The number of nitrogens with zero attached hydrogens (tertiary/aromatic N) is 4. The van der Waals surface area contributed by atoms with Gasteiger partial charge in [-0.2, -0.15) is 0 Å². The van der Waals surface area contributed by atoms with Crippen molar-refractivity contribution in [1.82, 2.24) is 20.3 Å². The zero-order valence-corrected chi connectivity index (χ0v) is 14.7. The lowest BCUT2D eigenvalue weighted by Gasteiger charge is -2.21. The molecule has 0 fully saturated rings. The van der Waals surface area contributed by atoms with Gasteiger partial charge in [0.05, 0.1) is 5.56 Å². The highest BCUT2D eigenvalue weighted by molar-refractivity contribution is 5.93. The predicted molar refractivity (Wildman–Crippen MR) is 101 cm³/mol. The molecule has 0 spiro atoms. The number of carbonyl (C=O) groups is 1. The van der Waals surface area contributed by atoms with Crippen molar-refractivity contribution in [2.45, 2.75) is 13.0 Å². The number of rotatable bonds is 7. The Morgan fingerprint density at radius 3 is 2.65 bits per heavy atom. The van der Waals surface area contributed by atoms with Gasteiger partial charge in [-0.25, -0.2) is 4.98 Å². The van der Waals surface area contributed by atoms with E-state index in [-0.39, 0.29) is 5.91 Å². The minimum atomic E-state index is -0.149. The van der Waals surface area contributed by atoms with Crippen molar-refractivity contribution in [3.63, 3.8) is 0 Å². The van der Waals surface area contributed by atoms with Crippen LogP contribution in [0.2, 0.25) is 0 Å². The molecule has 6 heteroatoms. The van der Waals surface area contributed by atoms with E-state index in [1.807, 2.05) is 37.4 Å². The van der Waals surface area contributed by atoms with Gasteiger partial charge in [0.15, 0.2) is 0 Å². The van der Waals surface area contributed by atoms with E-state index in [0.717, 1.165) is 30.0 Å². The summed E-state index contributed by atoms with van der Waals surface area (Å²) in [4.78, 5) is 27.1. The first-order valence-corrected chi connectivity index (χ1v) is 8.47. The molecule has 3 aromatic heterocycles. The SMILES string of the molecule is CN(CCc1ccccn1)c1ncccc1CNC(=O)c1cccnc1. The number of aromatic nitrogens is 3. The topological polar surface area (TPSA) is 71.0 Å². The van der Waals surface area contributed by atoms with E-state index >= 15 is 0 Å². The molecule has 0 aliphatic carbocycles. The van der Waals surface area contributed by atoms with E-state index in [1.165, 1.54) is 0 Å². The fourth-order valence-electron chi connectivity index (χ4n) is 2.62. The predicted octanol–water partition coefficient (Wildman–Crippen LogP) is 2.48. The molecule has 0 saturated heterocycles. The summed E-state index contributed by atoms with van der Waals surface area (Å²) in [6, 6.07) is 13.3. The molecule has 0 atom stereocenters. The van der Waals surface area contributed by atoms with Crippen LogP contribution in [-0.4, -0.2) is 34.5 Å². The summed E-state index contributed by atoms with van der Waals surface area (Å²) >= 11 is 0. The first-order chi connectivity index (χ1) is 12.7. The second-order valence-electron chi connectivity index (χ2n) is 5.90. The van der Waals surface area contributed by atoms with Crippen LogP contribution >= 0.6 is 0 Å². The van der Waals surface area contributed by atoms with Crippen molar-refractivity contribution in [2.24, 2.45) is 0 Å². The Labute approximate surface area is 153 Å². The monoisotopic (exact) mass is 347 g/mol. The largest absolute Gasteiger partial charge is 0.359 e. The van der Waals surface area contributed by atoms with E-state index < -0.39 is 0 Å². The van der Waals surface area contributed by atoms with Gasteiger partial charge in [-0.15, -0.1) is 0 Å². The third-order valence-electron chi connectivity index (χ3n) is 4.02. The zero-order chi connectivity index (χ0) is 18.2. The molecule has 1 N–H and O–H groups in total. The van der Waals surface area contributed by atoms with Crippen LogP contribution in [0.15, 0.2) is 67.3 Å². The number of hydrogen-bond donors (Lipinski definition) is 1. The molecule has 0 saturated carbocycles. The van der Waals surface area contributed by atoms with Crippen molar-refractivity contribution in [2.75, 3.05) is 18.5 Å². The van der Waals surface area contributed by atoms with Gasteiger partial charge in [-0.3, -0.25) is 14.8 Å². The fraction of sp³-hybridized carbons (Fsp3) is 0.200. The Kier molecular flexibility index (Phi) is 5.88. The van der Waals surface area contributed by atoms with E-state index in [1.54, 1.807) is 36.9 Å². The van der Waals surface area contributed by atoms with Gasteiger partial charge < -0.3 is 10.2 Å². The van der Waals surface area contributed by atoms with Crippen LogP contribution in [0, 0.1) is 0 Å². The van der Waals surface area contributed by atoms with Crippen LogP contribution < -0.4 is 10.2 Å². The molecule has 0 aromatic carbocycles. The number of pyridine rings is 3. The molecule has 6 nitrogen and oxygen atoms in total. The average Bonchev–Trinajstić information content (AvgIpc) is 2.72. The van der Waals surface area contributed by atoms with Crippen LogP contribution in [0.3, 0.4) is 0 Å².